The number of rotatable bonds is 0. The molecule has 0 heterocycles. The maximum atomic E-state index is 2.38. The Labute approximate surface area is 101 Å². The van der Waals surface area contributed by atoms with Crippen LogP contribution in [0.2, 0.25) is 0 Å². The number of fused-ring (bicyclic) bond motifs is 3. The molecule has 0 nitrogen and oxygen atoms in total. The van der Waals surface area contributed by atoms with Gasteiger partial charge in [0.25, 0.3) is 0 Å². The molecule has 4 rings (SSSR count). The van der Waals surface area contributed by atoms with Gasteiger partial charge in [-0.3, -0.25) is 0 Å². The third-order valence-electron chi connectivity index (χ3n) is 3.95. The Balaban J connectivity index is 2.24. The molecule has 0 N–H and O–H groups in total. The molecule has 0 atom stereocenters. The Morgan fingerprint density at radius 3 is 2.82 bits per heavy atom. The maximum Gasteiger partial charge on any atom is -0.00700 e. The zero-order valence-electron chi connectivity index (χ0n) is 9.96. The van der Waals surface area contributed by atoms with Crippen LogP contribution in [0.15, 0.2) is 36.4 Å². The van der Waals surface area contributed by atoms with Crippen molar-refractivity contribution in [1.82, 2.24) is 0 Å². The van der Waals surface area contributed by atoms with Crippen molar-refractivity contribution in [2.45, 2.75) is 19.8 Å². The van der Waals surface area contributed by atoms with Crippen molar-refractivity contribution >= 4 is 11.6 Å². The quantitative estimate of drug-likeness (QED) is 0.638. The summed E-state index contributed by atoms with van der Waals surface area (Å²) in [4.78, 5) is 0. The van der Waals surface area contributed by atoms with Crippen molar-refractivity contribution in [1.29, 1.82) is 0 Å². The minimum atomic E-state index is 1.18. The van der Waals surface area contributed by atoms with E-state index in [1.807, 2.05) is 0 Å². The van der Waals surface area contributed by atoms with E-state index in [2.05, 4.69) is 49.4 Å². The zero-order valence-corrected chi connectivity index (χ0v) is 9.96. The molecular weight excluding hydrogens is 204 g/mol. The summed E-state index contributed by atoms with van der Waals surface area (Å²) in [6.07, 6.45) is 4.75. The Hall–Kier alpha value is -1.82. The normalized spacial score (nSPS) is 15.2. The van der Waals surface area contributed by atoms with E-state index in [0.29, 0.717) is 0 Å². The Morgan fingerprint density at radius 2 is 1.88 bits per heavy atom. The van der Waals surface area contributed by atoms with Gasteiger partial charge >= 0.3 is 0 Å². The van der Waals surface area contributed by atoms with Gasteiger partial charge in [-0.25, -0.2) is 0 Å². The highest BCUT2D eigenvalue weighted by Gasteiger charge is 2.21. The van der Waals surface area contributed by atoms with E-state index in [9.17, 15) is 0 Å². The zero-order chi connectivity index (χ0) is 11.4. The molecule has 0 radical (unpaired) electrons. The van der Waals surface area contributed by atoms with Crippen molar-refractivity contribution < 1.29 is 0 Å². The first-order valence-electron chi connectivity index (χ1n) is 6.28. The average molecular weight is 218 g/mol. The van der Waals surface area contributed by atoms with Crippen molar-refractivity contribution in [3.05, 3.63) is 58.0 Å². The second-order valence-corrected chi connectivity index (χ2v) is 5.04. The van der Waals surface area contributed by atoms with E-state index in [1.54, 1.807) is 5.57 Å². The van der Waals surface area contributed by atoms with Crippen molar-refractivity contribution in [3.63, 3.8) is 0 Å². The summed E-state index contributed by atoms with van der Waals surface area (Å²) < 4.78 is 0. The highest BCUT2D eigenvalue weighted by Crippen LogP contribution is 2.34. The number of aryl methyl sites for hydroxylation is 1. The lowest BCUT2D eigenvalue weighted by Gasteiger charge is -2.08. The van der Waals surface area contributed by atoms with Gasteiger partial charge in [0, 0.05) is 0 Å². The minimum absolute atomic E-state index is 1.18. The van der Waals surface area contributed by atoms with Crippen LogP contribution in [0.3, 0.4) is 0 Å². The van der Waals surface area contributed by atoms with Gasteiger partial charge in [-0.1, -0.05) is 48.0 Å². The summed E-state index contributed by atoms with van der Waals surface area (Å²) in [6.45, 7) is 2.18. The summed E-state index contributed by atoms with van der Waals surface area (Å²) in [5.74, 6) is 0. The van der Waals surface area contributed by atoms with Crippen LogP contribution in [0.5, 0.6) is 0 Å². The predicted octanol–water partition coefficient (Wildman–Crippen LogP) is 2.75. The van der Waals surface area contributed by atoms with Crippen LogP contribution in [0.4, 0.5) is 0 Å². The van der Waals surface area contributed by atoms with E-state index in [1.165, 1.54) is 45.5 Å². The topological polar surface area (TPSA) is 0 Å². The standard InChI is InChI=1S/C17H14/c1-11-8-9-13-14-6-2-4-12-5-3-7-15(17(12)14)16(13)10-11/h2,4-6,8-10H,3,7H2,1H3. The molecule has 2 aromatic rings. The fourth-order valence-electron chi connectivity index (χ4n) is 3.21. The summed E-state index contributed by atoms with van der Waals surface area (Å²) in [5.41, 5.74) is 7.26. The molecule has 17 heavy (non-hydrogen) atoms. The van der Waals surface area contributed by atoms with Gasteiger partial charge in [0.15, 0.2) is 0 Å². The lowest BCUT2D eigenvalue weighted by molar-refractivity contribution is 1.09. The van der Waals surface area contributed by atoms with E-state index < -0.39 is 0 Å². The number of hydrogen-bond donors (Lipinski definition) is 0. The molecule has 82 valence electrons. The molecule has 2 aromatic carbocycles. The third-order valence-corrected chi connectivity index (χ3v) is 3.95. The first-order chi connectivity index (χ1) is 8.34. The number of benzene rings is 2. The predicted molar refractivity (Wildman–Crippen MR) is 72.1 cm³/mol. The Bertz CT molecular complexity index is 748. The number of hydrogen-bond acceptors (Lipinski definition) is 0. The molecule has 0 amide bonds. The van der Waals surface area contributed by atoms with Gasteiger partial charge in [0.05, 0.1) is 0 Å². The summed E-state index contributed by atoms with van der Waals surface area (Å²) in [6, 6.07) is 13.5. The average Bonchev–Trinajstić information content (AvgIpc) is 2.67. The molecule has 0 spiro atoms. The van der Waals surface area contributed by atoms with Gasteiger partial charge in [-0.05, 0) is 52.5 Å². The third kappa shape index (κ3) is 1.13. The van der Waals surface area contributed by atoms with Crippen LogP contribution in [-0.2, 0) is 0 Å². The smallest absolute Gasteiger partial charge is 0.00700 e. The molecule has 2 aliphatic carbocycles. The lowest BCUT2D eigenvalue weighted by Crippen LogP contribution is -2.28. The summed E-state index contributed by atoms with van der Waals surface area (Å²) in [5, 5.41) is 2.93. The second-order valence-electron chi connectivity index (χ2n) is 5.04. The minimum Gasteiger partial charge on any atom is -0.0763 e. The van der Waals surface area contributed by atoms with Crippen molar-refractivity contribution in [2.75, 3.05) is 0 Å². The summed E-state index contributed by atoms with van der Waals surface area (Å²) in [7, 11) is 0. The van der Waals surface area contributed by atoms with Crippen LogP contribution in [0, 0.1) is 6.92 Å². The van der Waals surface area contributed by atoms with Gasteiger partial charge in [-0.15, -0.1) is 0 Å². The monoisotopic (exact) mass is 218 g/mol. The van der Waals surface area contributed by atoms with Crippen LogP contribution >= 0.6 is 0 Å². The second kappa shape index (κ2) is 3.10. The molecule has 0 saturated carbocycles. The highest BCUT2D eigenvalue weighted by molar-refractivity contribution is 5.90. The van der Waals surface area contributed by atoms with E-state index in [4.69, 9.17) is 0 Å². The van der Waals surface area contributed by atoms with Crippen molar-refractivity contribution in [3.8, 4) is 11.1 Å². The maximum absolute atomic E-state index is 2.38. The molecule has 0 unspecified atom stereocenters. The van der Waals surface area contributed by atoms with Crippen LogP contribution in [-0.4, -0.2) is 0 Å². The molecule has 0 aromatic heterocycles. The van der Waals surface area contributed by atoms with Gasteiger partial charge in [0.1, 0.15) is 0 Å². The van der Waals surface area contributed by atoms with Gasteiger partial charge in [0.2, 0.25) is 0 Å². The van der Waals surface area contributed by atoms with Crippen LogP contribution in [0.25, 0.3) is 22.8 Å². The molecule has 0 heteroatoms. The van der Waals surface area contributed by atoms with Gasteiger partial charge < -0.3 is 0 Å². The molecular formula is C17H14. The Morgan fingerprint density at radius 1 is 0.941 bits per heavy atom. The van der Waals surface area contributed by atoms with Crippen LogP contribution < -0.4 is 10.4 Å². The molecule has 0 aliphatic heterocycles. The van der Waals surface area contributed by atoms with E-state index in [0.717, 1.165) is 0 Å². The SMILES string of the molecule is Cc1ccc2c(c1)C1=c3c-2cccc3=CCC1. The van der Waals surface area contributed by atoms with E-state index in [-0.39, 0.29) is 0 Å². The molecule has 0 bridgehead atoms. The molecule has 0 fully saturated rings. The lowest BCUT2D eigenvalue weighted by atomic mass is 9.97. The largest absolute Gasteiger partial charge is 0.0763 e. The fourth-order valence-corrected chi connectivity index (χ4v) is 3.21. The molecule has 0 saturated heterocycles. The fraction of sp³-hybridized carbons (Fsp3) is 0.176. The van der Waals surface area contributed by atoms with E-state index >= 15 is 0 Å². The Kier molecular flexibility index (Phi) is 1.69. The van der Waals surface area contributed by atoms with Crippen LogP contribution in [0.1, 0.15) is 24.0 Å². The van der Waals surface area contributed by atoms with Crippen molar-refractivity contribution in [2.24, 2.45) is 0 Å². The van der Waals surface area contributed by atoms with Gasteiger partial charge in [-0.2, -0.15) is 0 Å². The highest BCUT2D eigenvalue weighted by atomic mass is 14.2. The molecule has 2 aliphatic rings. The first kappa shape index (κ1) is 9.23. The first-order valence-corrected chi connectivity index (χ1v) is 6.28. The summed E-state index contributed by atoms with van der Waals surface area (Å²) >= 11 is 0.